The SMILES string of the molecule is CCCCCCc1ccc2c(C=O)[nH]cc2c1. The van der Waals surface area contributed by atoms with Crippen LogP contribution in [0.15, 0.2) is 24.4 Å². The van der Waals surface area contributed by atoms with Crippen molar-refractivity contribution in [3.05, 3.63) is 35.7 Å². The highest BCUT2D eigenvalue weighted by Gasteiger charge is 2.03. The van der Waals surface area contributed by atoms with Gasteiger partial charge in [-0.2, -0.15) is 0 Å². The summed E-state index contributed by atoms with van der Waals surface area (Å²) in [6.07, 6.45) is 9.09. The quantitative estimate of drug-likeness (QED) is 0.587. The Morgan fingerprint density at radius 1 is 1.24 bits per heavy atom. The molecule has 2 heteroatoms. The first-order chi connectivity index (χ1) is 8.35. The monoisotopic (exact) mass is 229 g/mol. The number of benzene rings is 1. The van der Waals surface area contributed by atoms with Crippen molar-refractivity contribution in [2.24, 2.45) is 0 Å². The van der Waals surface area contributed by atoms with Gasteiger partial charge >= 0.3 is 0 Å². The molecular formula is C15H19NO. The molecule has 0 unspecified atom stereocenters. The van der Waals surface area contributed by atoms with E-state index in [1.165, 1.54) is 31.2 Å². The molecule has 17 heavy (non-hydrogen) atoms. The summed E-state index contributed by atoms with van der Waals surface area (Å²) in [6, 6.07) is 6.37. The van der Waals surface area contributed by atoms with Crippen molar-refractivity contribution < 1.29 is 4.79 Å². The van der Waals surface area contributed by atoms with E-state index in [2.05, 4.69) is 24.0 Å². The Morgan fingerprint density at radius 2 is 2.12 bits per heavy atom. The van der Waals surface area contributed by atoms with Crippen molar-refractivity contribution in [2.75, 3.05) is 0 Å². The van der Waals surface area contributed by atoms with Crippen LogP contribution >= 0.6 is 0 Å². The molecular weight excluding hydrogens is 210 g/mol. The number of rotatable bonds is 6. The molecule has 0 spiro atoms. The third-order valence-electron chi connectivity index (χ3n) is 3.23. The Labute approximate surface area is 102 Å². The predicted molar refractivity (Wildman–Crippen MR) is 71.5 cm³/mol. The Morgan fingerprint density at radius 3 is 2.88 bits per heavy atom. The number of H-pyrrole nitrogens is 1. The third kappa shape index (κ3) is 2.76. The average molecular weight is 229 g/mol. The minimum atomic E-state index is 0.678. The van der Waals surface area contributed by atoms with Gasteiger partial charge in [0.1, 0.15) is 0 Å². The second-order valence-electron chi connectivity index (χ2n) is 4.55. The Hall–Kier alpha value is -1.57. The second-order valence-corrected chi connectivity index (χ2v) is 4.55. The number of aromatic nitrogens is 1. The first kappa shape index (κ1) is 11.9. The predicted octanol–water partition coefficient (Wildman–Crippen LogP) is 4.10. The van der Waals surface area contributed by atoms with Gasteiger partial charge in [0, 0.05) is 17.0 Å². The zero-order valence-corrected chi connectivity index (χ0v) is 10.3. The first-order valence-corrected chi connectivity index (χ1v) is 6.40. The van der Waals surface area contributed by atoms with Crippen LogP contribution in [0.3, 0.4) is 0 Å². The Kier molecular flexibility index (Phi) is 3.97. The summed E-state index contributed by atoms with van der Waals surface area (Å²) in [4.78, 5) is 13.8. The van der Waals surface area contributed by atoms with Crippen LogP contribution in [0.4, 0.5) is 0 Å². The topological polar surface area (TPSA) is 32.9 Å². The molecule has 0 aliphatic rings. The molecule has 0 aliphatic heterocycles. The zero-order valence-electron chi connectivity index (χ0n) is 10.3. The van der Waals surface area contributed by atoms with Crippen LogP contribution in [-0.2, 0) is 6.42 Å². The molecule has 0 atom stereocenters. The number of aryl methyl sites for hydroxylation is 1. The van der Waals surface area contributed by atoms with Gasteiger partial charge in [-0.05, 0) is 24.5 Å². The maximum Gasteiger partial charge on any atom is 0.166 e. The molecule has 0 aliphatic carbocycles. The molecule has 0 saturated carbocycles. The number of carbonyl (C=O) groups is 1. The number of fused-ring (bicyclic) bond motifs is 1. The lowest BCUT2D eigenvalue weighted by molar-refractivity contribution is 0.112. The molecule has 90 valence electrons. The number of aldehydes is 1. The highest BCUT2D eigenvalue weighted by atomic mass is 16.1. The smallest absolute Gasteiger partial charge is 0.166 e. The van der Waals surface area contributed by atoms with E-state index in [0.29, 0.717) is 5.69 Å². The highest BCUT2D eigenvalue weighted by Crippen LogP contribution is 2.20. The van der Waals surface area contributed by atoms with E-state index in [4.69, 9.17) is 0 Å². The summed E-state index contributed by atoms with van der Waals surface area (Å²) >= 11 is 0. The van der Waals surface area contributed by atoms with Gasteiger partial charge in [-0.1, -0.05) is 38.3 Å². The van der Waals surface area contributed by atoms with Crippen molar-refractivity contribution in [3.63, 3.8) is 0 Å². The molecule has 1 N–H and O–H groups in total. The Balaban J connectivity index is 2.07. The van der Waals surface area contributed by atoms with Crippen LogP contribution < -0.4 is 0 Å². The average Bonchev–Trinajstić information content (AvgIpc) is 2.77. The van der Waals surface area contributed by atoms with E-state index >= 15 is 0 Å². The van der Waals surface area contributed by atoms with Gasteiger partial charge in [0.15, 0.2) is 6.29 Å². The van der Waals surface area contributed by atoms with Gasteiger partial charge < -0.3 is 4.98 Å². The number of hydrogen-bond acceptors (Lipinski definition) is 1. The van der Waals surface area contributed by atoms with Crippen LogP contribution in [0.1, 0.15) is 48.7 Å². The van der Waals surface area contributed by atoms with Crippen LogP contribution in [0.2, 0.25) is 0 Å². The van der Waals surface area contributed by atoms with Crippen LogP contribution in [0.5, 0.6) is 0 Å². The maximum absolute atomic E-state index is 10.8. The second kappa shape index (κ2) is 5.67. The number of hydrogen-bond donors (Lipinski definition) is 1. The van der Waals surface area contributed by atoms with Crippen molar-refractivity contribution in [3.8, 4) is 0 Å². The van der Waals surface area contributed by atoms with Crippen LogP contribution in [0.25, 0.3) is 10.8 Å². The van der Waals surface area contributed by atoms with Crippen molar-refractivity contribution in [2.45, 2.75) is 39.0 Å². The van der Waals surface area contributed by atoms with E-state index in [1.807, 2.05) is 12.3 Å². The largest absolute Gasteiger partial charge is 0.358 e. The molecule has 1 heterocycles. The minimum Gasteiger partial charge on any atom is -0.358 e. The summed E-state index contributed by atoms with van der Waals surface area (Å²) < 4.78 is 0. The molecule has 0 bridgehead atoms. The molecule has 2 aromatic rings. The summed E-state index contributed by atoms with van der Waals surface area (Å²) in [7, 11) is 0. The minimum absolute atomic E-state index is 0.678. The van der Waals surface area contributed by atoms with Crippen molar-refractivity contribution in [1.82, 2.24) is 4.98 Å². The molecule has 0 radical (unpaired) electrons. The number of carbonyl (C=O) groups excluding carboxylic acids is 1. The lowest BCUT2D eigenvalue weighted by atomic mass is 10.0. The molecule has 1 aromatic carbocycles. The lowest BCUT2D eigenvalue weighted by Gasteiger charge is -2.01. The van der Waals surface area contributed by atoms with Gasteiger partial charge in [0.05, 0.1) is 5.69 Å². The van der Waals surface area contributed by atoms with Crippen LogP contribution in [0, 0.1) is 0 Å². The van der Waals surface area contributed by atoms with Gasteiger partial charge in [-0.25, -0.2) is 0 Å². The van der Waals surface area contributed by atoms with Gasteiger partial charge in [-0.3, -0.25) is 4.79 Å². The summed E-state index contributed by atoms with van der Waals surface area (Å²) in [5.41, 5.74) is 2.04. The van der Waals surface area contributed by atoms with E-state index in [1.54, 1.807) is 0 Å². The van der Waals surface area contributed by atoms with Gasteiger partial charge in [0.2, 0.25) is 0 Å². The summed E-state index contributed by atoms with van der Waals surface area (Å²) in [5.74, 6) is 0. The fourth-order valence-corrected chi connectivity index (χ4v) is 2.22. The van der Waals surface area contributed by atoms with Crippen molar-refractivity contribution >= 4 is 17.1 Å². The molecule has 2 nitrogen and oxygen atoms in total. The normalized spacial score (nSPS) is 10.9. The molecule has 2 rings (SSSR count). The molecule has 0 saturated heterocycles. The van der Waals surface area contributed by atoms with E-state index in [0.717, 1.165) is 23.5 Å². The molecule has 1 aromatic heterocycles. The van der Waals surface area contributed by atoms with Crippen LogP contribution in [-0.4, -0.2) is 11.3 Å². The lowest BCUT2D eigenvalue weighted by Crippen LogP contribution is -1.86. The number of unbranched alkanes of at least 4 members (excludes halogenated alkanes) is 3. The first-order valence-electron chi connectivity index (χ1n) is 6.40. The fourth-order valence-electron chi connectivity index (χ4n) is 2.22. The van der Waals surface area contributed by atoms with E-state index in [9.17, 15) is 4.79 Å². The Bertz CT molecular complexity index is 499. The third-order valence-corrected chi connectivity index (χ3v) is 3.23. The van der Waals surface area contributed by atoms with E-state index in [-0.39, 0.29) is 0 Å². The number of nitrogens with one attached hydrogen (secondary N) is 1. The molecule has 0 amide bonds. The number of aromatic amines is 1. The zero-order chi connectivity index (χ0) is 12.1. The molecule has 0 fully saturated rings. The summed E-state index contributed by atoms with van der Waals surface area (Å²) in [5, 5.41) is 2.16. The van der Waals surface area contributed by atoms with E-state index < -0.39 is 0 Å². The fraction of sp³-hybridized carbons (Fsp3) is 0.400. The van der Waals surface area contributed by atoms with Gasteiger partial charge in [-0.15, -0.1) is 0 Å². The maximum atomic E-state index is 10.8. The van der Waals surface area contributed by atoms with Crippen molar-refractivity contribution in [1.29, 1.82) is 0 Å². The standard InChI is InChI=1S/C15H19NO/c1-2-3-4-5-6-12-7-8-14-13(9-12)10-16-15(14)11-17/h7-11,16H,2-6H2,1H3. The summed E-state index contributed by atoms with van der Waals surface area (Å²) in [6.45, 7) is 2.23. The highest BCUT2D eigenvalue weighted by molar-refractivity contribution is 5.97. The van der Waals surface area contributed by atoms with Gasteiger partial charge in [0.25, 0.3) is 0 Å².